The lowest BCUT2D eigenvalue weighted by molar-refractivity contribution is 0.390. The molecule has 24 heavy (non-hydrogen) atoms. The SMILES string of the molecule is Cc1noc(C)c1S(=O)(=O)NCCc1ccn(-c2ccccc2)n1. The number of hydrogen-bond donors (Lipinski definition) is 1. The standard InChI is InChI=1S/C16H18N4O3S/c1-12-16(13(2)23-19-12)24(21,22)17-10-8-14-9-11-20(18-14)15-6-4-3-5-7-15/h3-7,9,11,17H,8,10H2,1-2H3. The van der Waals surface area contributed by atoms with Gasteiger partial charge < -0.3 is 4.52 Å². The number of rotatable bonds is 6. The van der Waals surface area contributed by atoms with Crippen LogP contribution in [0.25, 0.3) is 5.69 Å². The molecular weight excluding hydrogens is 328 g/mol. The summed E-state index contributed by atoms with van der Waals surface area (Å²) in [5.41, 5.74) is 2.12. The molecule has 1 N–H and O–H groups in total. The summed E-state index contributed by atoms with van der Waals surface area (Å²) in [5, 5.41) is 8.12. The van der Waals surface area contributed by atoms with Crippen LogP contribution in [0.15, 0.2) is 52.0 Å². The topological polar surface area (TPSA) is 90.0 Å². The van der Waals surface area contributed by atoms with Gasteiger partial charge in [-0.25, -0.2) is 17.8 Å². The monoisotopic (exact) mass is 346 g/mol. The Bertz CT molecular complexity index is 910. The average Bonchev–Trinajstić information content (AvgIpc) is 3.15. The van der Waals surface area contributed by atoms with E-state index in [9.17, 15) is 8.42 Å². The van der Waals surface area contributed by atoms with E-state index in [0.29, 0.717) is 12.1 Å². The Morgan fingerprint density at radius 1 is 1.17 bits per heavy atom. The third-order valence-electron chi connectivity index (χ3n) is 3.57. The van der Waals surface area contributed by atoms with Gasteiger partial charge in [0.15, 0.2) is 5.76 Å². The predicted octanol–water partition coefficient (Wildman–Crippen LogP) is 2.00. The first-order valence-electron chi connectivity index (χ1n) is 7.50. The lowest BCUT2D eigenvalue weighted by Gasteiger charge is -2.05. The Kier molecular flexibility index (Phi) is 4.50. The largest absolute Gasteiger partial charge is 0.360 e. The zero-order chi connectivity index (χ0) is 17.2. The normalized spacial score (nSPS) is 11.8. The highest BCUT2D eigenvalue weighted by atomic mass is 32.2. The van der Waals surface area contributed by atoms with E-state index in [1.807, 2.05) is 42.6 Å². The van der Waals surface area contributed by atoms with Gasteiger partial charge in [0, 0.05) is 19.2 Å². The molecule has 0 atom stereocenters. The van der Waals surface area contributed by atoms with Gasteiger partial charge in [-0.2, -0.15) is 5.10 Å². The average molecular weight is 346 g/mol. The van der Waals surface area contributed by atoms with Gasteiger partial charge in [-0.15, -0.1) is 0 Å². The van der Waals surface area contributed by atoms with E-state index < -0.39 is 10.0 Å². The first kappa shape index (κ1) is 16.4. The molecule has 3 rings (SSSR count). The molecule has 0 unspecified atom stereocenters. The van der Waals surface area contributed by atoms with Crippen molar-refractivity contribution >= 4 is 10.0 Å². The van der Waals surface area contributed by atoms with Crippen LogP contribution in [-0.2, 0) is 16.4 Å². The van der Waals surface area contributed by atoms with E-state index in [0.717, 1.165) is 11.4 Å². The summed E-state index contributed by atoms with van der Waals surface area (Å²) in [5.74, 6) is 0.286. The van der Waals surface area contributed by atoms with E-state index in [-0.39, 0.29) is 17.2 Å². The molecule has 1 aromatic carbocycles. The minimum Gasteiger partial charge on any atom is -0.360 e. The Hall–Kier alpha value is -2.45. The van der Waals surface area contributed by atoms with Gasteiger partial charge in [0.2, 0.25) is 10.0 Å². The highest BCUT2D eigenvalue weighted by molar-refractivity contribution is 7.89. The van der Waals surface area contributed by atoms with Crippen LogP contribution < -0.4 is 4.72 Å². The fraction of sp³-hybridized carbons (Fsp3) is 0.250. The molecule has 3 aromatic rings. The van der Waals surface area contributed by atoms with Crippen molar-refractivity contribution in [2.45, 2.75) is 25.2 Å². The van der Waals surface area contributed by atoms with Crippen LogP contribution in [-0.4, -0.2) is 29.9 Å². The Labute approximate surface area is 140 Å². The minimum atomic E-state index is -3.63. The van der Waals surface area contributed by atoms with Crippen molar-refractivity contribution in [3.8, 4) is 5.69 Å². The van der Waals surface area contributed by atoms with Crippen molar-refractivity contribution in [1.29, 1.82) is 0 Å². The number of aryl methyl sites for hydroxylation is 2. The van der Waals surface area contributed by atoms with E-state index in [1.165, 1.54) is 0 Å². The second-order valence-corrected chi connectivity index (χ2v) is 7.09. The summed E-state index contributed by atoms with van der Waals surface area (Å²) in [6, 6.07) is 11.6. The van der Waals surface area contributed by atoms with Gasteiger partial charge in [0.25, 0.3) is 0 Å². The quantitative estimate of drug-likeness (QED) is 0.737. The number of aromatic nitrogens is 3. The van der Waals surface area contributed by atoms with Crippen LogP contribution in [0.5, 0.6) is 0 Å². The van der Waals surface area contributed by atoms with Gasteiger partial charge in [0.05, 0.1) is 11.4 Å². The predicted molar refractivity (Wildman–Crippen MR) is 88.4 cm³/mol. The lowest BCUT2D eigenvalue weighted by atomic mass is 10.3. The van der Waals surface area contributed by atoms with Crippen molar-refractivity contribution in [2.24, 2.45) is 0 Å². The third kappa shape index (κ3) is 3.39. The molecular formula is C16H18N4O3S. The van der Waals surface area contributed by atoms with Crippen molar-refractivity contribution in [3.63, 3.8) is 0 Å². The highest BCUT2D eigenvalue weighted by Crippen LogP contribution is 2.18. The molecule has 0 radical (unpaired) electrons. The first-order chi connectivity index (χ1) is 11.5. The molecule has 0 spiro atoms. The van der Waals surface area contributed by atoms with Crippen LogP contribution in [0.1, 0.15) is 17.1 Å². The Morgan fingerprint density at radius 2 is 1.92 bits per heavy atom. The van der Waals surface area contributed by atoms with E-state index in [1.54, 1.807) is 18.5 Å². The van der Waals surface area contributed by atoms with Crippen LogP contribution in [0.2, 0.25) is 0 Å². The summed E-state index contributed by atoms with van der Waals surface area (Å²) < 4.78 is 33.9. The van der Waals surface area contributed by atoms with E-state index >= 15 is 0 Å². The second-order valence-electron chi connectivity index (χ2n) is 5.39. The van der Waals surface area contributed by atoms with Gasteiger partial charge in [-0.3, -0.25) is 0 Å². The number of nitrogens with zero attached hydrogens (tertiary/aromatic N) is 3. The van der Waals surface area contributed by atoms with Gasteiger partial charge >= 0.3 is 0 Å². The molecule has 0 bridgehead atoms. The van der Waals surface area contributed by atoms with Crippen molar-refractivity contribution in [1.82, 2.24) is 19.7 Å². The van der Waals surface area contributed by atoms with Crippen molar-refractivity contribution < 1.29 is 12.9 Å². The molecule has 0 amide bonds. The fourth-order valence-corrected chi connectivity index (χ4v) is 3.82. The molecule has 0 fully saturated rings. The van der Waals surface area contributed by atoms with Gasteiger partial charge in [-0.05, 0) is 32.0 Å². The Balaban J connectivity index is 1.64. The second kappa shape index (κ2) is 6.58. The maximum Gasteiger partial charge on any atom is 0.245 e. The third-order valence-corrected chi connectivity index (χ3v) is 5.28. The Morgan fingerprint density at radius 3 is 2.58 bits per heavy atom. The highest BCUT2D eigenvalue weighted by Gasteiger charge is 2.23. The molecule has 0 aliphatic heterocycles. The molecule has 0 saturated heterocycles. The zero-order valence-electron chi connectivity index (χ0n) is 13.4. The molecule has 126 valence electrons. The zero-order valence-corrected chi connectivity index (χ0v) is 14.2. The molecule has 8 heteroatoms. The number of benzene rings is 1. The molecule has 0 aliphatic rings. The van der Waals surface area contributed by atoms with Gasteiger partial charge in [-0.1, -0.05) is 23.4 Å². The molecule has 2 aromatic heterocycles. The fourth-order valence-electron chi connectivity index (χ4n) is 2.46. The molecule has 7 nitrogen and oxygen atoms in total. The van der Waals surface area contributed by atoms with E-state index in [2.05, 4.69) is 15.0 Å². The summed E-state index contributed by atoms with van der Waals surface area (Å²) in [7, 11) is -3.63. The smallest absolute Gasteiger partial charge is 0.245 e. The molecule has 2 heterocycles. The number of nitrogens with one attached hydrogen (secondary N) is 1. The number of hydrogen-bond acceptors (Lipinski definition) is 5. The van der Waals surface area contributed by atoms with Crippen molar-refractivity contribution in [2.75, 3.05) is 6.54 Å². The summed E-state index contributed by atoms with van der Waals surface area (Å²) >= 11 is 0. The first-order valence-corrected chi connectivity index (χ1v) is 8.98. The van der Waals surface area contributed by atoms with E-state index in [4.69, 9.17) is 4.52 Å². The number of para-hydroxylation sites is 1. The maximum absolute atomic E-state index is 12.3. The minimum absolute atomic E-state index is 0.109. The maximum atomic E-state index is 12.3. The number of sulfonamides is 1. The van der Waals surface area contributed by atoms with Crippen LogP contribution >= 0.6 is 0 Å². The van der Waals surface area contributed by atoms with Crippen LogP contribution in [0.4, 0.5) is 0 Å². The lowest BCUT2D eigenvalue weighted by Crippen LogP contribution is -2.27. The molecule has 0 saturated carbocycles. The summed E-state index contributed by atoms with van der Waals surface area (Å²) in [6.45, 7) is 3.43. The summed E-state index contributed by atoms with van der Waals surface area (Å²) in [6.07, 6.45) is 2.34. The summed E-state index contributed by atoms with van der Waals surface area (Å²) in [4.78, 5) is 0.109. The van der Waals surface area contributed by atoms with Gasteiger partial charge in [0.1, 0.15) is 10.6 Å². The van der Waals surface area contributed by atoms with Crippen molar-refractivity contribution in [3.05, 3.63) is 59.7 Å². The van der Waals surface area contributed by atoms with Crippen LogP contribution in [0.3, 0.4) is 0 Å². The van der Waals surface area contributed by atoms with Crippen LogP contribution in [0, 0.1) is 13.8 Å². The molecule has 0 aliphatic carbocycles.